The molecule has 0 aromatic heterocycles. The van der Waals surface area contributed by atoms with E-state index >= 15 is 0 Å². The minimum Gasteiger partial charge on any atom is -0.393 e. The number of anilines is 1. The third kappa shape index (κ3) is 3.31. The molecule has 7 heteroatoms. The Kier molecular flexibility index (Phi) is 4.39. The van der Waals surface area contributed by atoms with Crippen LogP contribution < -0.4 is 5.73 Å². The Bertz CT molecular complexity index is 823. The molecule has 1 aliphatic heterocycles. The lowest BCUT2D eigenvalue weighted by Crippen LogP contribution is -2.34. The van der Waals surface area contributed by atoms with Gasteiger partial charge in [-0.2, -0.15) is 0 Å². The first-order chi connectivity index (χ1) is 11.9. The highest BCUT2D eigenvalue weighted by Gasteiger charge is 2.34. The van der Waals surface area contributed by atoms with Gasteiger partial charge in [0.25, 0.3) is 11.6 Å². The molecule has 2 N–H and O–H groups in total. The van der Waals surface area contributed by atoms with Crippen molar-refractivity contribution in [2.45, 2.75) is 25.3 Å². The minimum atomic E-state index is -0.596. The zero-order valence-corrected chi connectivity index (χ0v) is 13.7. The Morgan fingerprint density at radius 1 is 1.28 bits per heavy atom. The first kappa shape index (κ1) is 16.9. The summed E-state index contributed by atoms with van der Waals surface area (Å²) in [5.41, 5.74) is 6.56. The number of nitro benzene ring substituents is 1. The Morgan fingerprint density at radius 2 is 1.96 bits per heavy atom. The van der Waals surface area contributed by atoms with E-state index < -0.39 is 4.92 Å². The molecule has 0 spiro atoms. The molecule has 1 heterocycles. The van der Waals surface area contributed by atoms with Gasteiger partial charge >= 0.3 is 0 Å². The Morgan fingerprint density at radius 3 is 2.60 bits per heavy atom. The smallest absolute Gasteiger partial charge is 0.292 e. The van der Waals surface area contributed by atoms with Crippen LogP contribution in [0.5, 0.6) is 0 Å². The van der Waals surface area contributed by atoms with Crippen LogP contribution in [0.1, 0.15) is 35.2 Å². The van der Waals surface area contributed by atoms with E-state index in [4.69, 9.17) is 5.73 Å². The standard InChI is InChI=1S/C18H18FN3O3/c1-11-8-14(12-2-5-15(19)6-3-12)10-21(11)18(23)13-4-7-16(20)17(9-13)22(24)25/h2-7,9,11,14H,8,10,20H2,1H3. The van der Waals surface area contributed by atoms with Gasteiger partial charge in [0.15, 0.2) is 0 Å². The predicted molar refractivity (Wildman–Crippen MR) is 91.8 cm³/mol. The fourth-order valence-electron chi connectivity index (χ4n) is 3.29. The molecule has 0 radical (unpaired) electrons. The van der Waals surface area contributed by atoms with Gasteiger partial charge in [-0.25, -0.2) is 4.39 Å². The quantitative estimate of drug-likeness (QED) is 0.526. The second-order valence-electron chi connectivity index (χ2n) is 6.32. The highest BCUT2D eigenvalue weighted by molar-refractivity contribution is 5.96. The number of nitrogen functional groups attached to an aromatic ring is 1. The summed E-state index contributed by atoms with van der Waals surface area (Å²) >= 11 is 0. The fraction of sp³-hybridized carbons (Fsp3) is 0.278. The van der Waals surface area contributed by atoms with Gasteiger partial charge < -0.3 is 10.6 Å². The first-order valence-electron chi connectivity index (χ1n) is 7.97. The molecule has 2 aromatic carbocycles. The van der Waals surface area contributed by atoms with Crippen LogP contribution in [0.25, 0.3) is 0 Å². The molecule has 1 amide bonds. The number of amides is 1. The van der Waals surface area contributed by atoms with Gasteiger partial charge in [0.05, 0.1) is 4.92 Å². The summed E-state index contributed by atoms with van der Waals surface area (Å²) in [7, 11) is 0. The number of likely N-dealkylation sites (tertiary alicyclic amines) is 1. The Balaban J connectivity index is 1.82. The van der Waals surface area contributed by atoms with E-state index in [1.807, 2.05) is 6.92 Å². The molecule has 2 aromatic rings. The maximum atomic E-state index is 13.1. The van der Waals surface area contributed by atoms with Gasteiger partial charge in [-0.05, 0) is 43.2 Å². The van der Waals surface area contributed by atoms with E-state index in [2.05, 4.69) is 0 Å². The Hall–Kier alpha value is -2.96. The van der Waals surface area contributed by atoms with Gasteiger partial charge in [0.2, 0.25) is 0 Å². The average molecular weight is 343 g/mol. The number of nitro groups is 1. The SMILES string of the molecule is CC1CC(c2ccc(F)cc2)CN1C(=O)c1ccc(N)c([N+](=O)[O-])c1. The van der Waals surface area contributed by atoms with Crippen molar-refractivity contribution in [1.29, 1.82) is 0 Å². The third-order valence-electron chi connectivity index (χ3n) is 4.65. The van der Waals surface area contributed by atoms with Crippen molar-refractivity contribution in [3.63, 3.8) is 0 Å². The number of benzene rings is 2. The highest BCUT2D eigenvalue weighted by atomic mass is 19.1. The third-order valence-corrected chi connectivity index (χ3v) is 4.65. The molecule has 2 atom stereocenters. The molecule has 6 nitrogen and oxygen atoms in total. The van der Waals surface area contributed by atoms with E-state index in [9.17, 15) is 19.3 Å². The molecule has 0 saturated carbocycles. The van der Waals surface area contributed by atoms with Crippen molar-refractivity contribution >= 4 is 17.3 Å². The Labute approximate surface area is 144 Å². The highest BCUT2D eigenvalue weighted by Crippen LogP contribution is 2.33. The predicted octanol–water partition coefficient (Wildman–Crippen LogP) is 3.33. The van der Waals surface area contributed by atoms with E-state index in [-0.39, 0.29) is 40.6 Å². The van der Waals surface area contributed by atoms with Gasteiger partial charge in [-0.3, -0.25) is 14.9 Å². The summed E-state index contributed by atoms with van der Waals surface area (Å²) in [5, 5.41) is 11.0. The van der Waals surface area contributed by atoms with E-state index in [1.54, 1.807) is 17.0 Å². The average Bonchev–Trinajstić information content (AvgIpc) is 2.97. The maximum absolute atomic E-state index is 13.1. The zero-order chi connectivity index (χ0) is 18.1. The van der Waals surface area contributed by atoms with Crippen LogP contribution in [0.15, 0.2) is 42.5 Å². The van der Waals surface area contributed by atoms with Crippen LogP contribution in [-0.2, 0) is 0 Å². The van der Waals surface area contributed by atoms with Gasteiger partial charge in [0.1, 0.15) is 11.5 Å². The molecule has 0 bridgehead atoms. The summed E-state index contributed by atoms with van der Waals surface area (Å²) < 4.78 is 13.1. The lowest BCUT2D eigenvalue weighted by molar-refractivity contribution is -0.383. The molecule has 1 saturated heterocycles. The number of halogens is 1. The molecule has 1 aliphatic rings. The van der Waals surface area contributed by atoms with Gasteiger partial charge in [0, 0.05) is 30.1 Å². The molecule has 0 aliphatic carbocycles. The van der Waals surface area contributed by atoms with Crippen LogP contribution >= 0.6 is 0 Å². The number of nitrogens with two attached hydrogens (primary N) is 1. The van der Waals surface area contributed by atoms with Crippen LogP contribution in [0, 0.1) is 15.9 Å². The monoisotopic (exact) mass is 343 g/mol. The van der Waals surface area contributed by atoms with Crippen LogP contribution in [0.3, 0.4) is 0 Å². The summed E-state index contributed by atoms with van der Waals surface area (Å²) in [5.74, 6) is -0.444. The van der Waals surface area contributed by atoms with Crippen LogP contribution in [-0.4, -0.2) is 28.3 Å². The lowest BCUT2D eigenvalue weighted by atomic mass is 9.97. The summed E-state index contributed by atoms with van der Waals surface area (Å²) in [4.78, 5) is 24.9. The normalized spacial score (nSPS) is 19.8. The molecule has 2 unspecified atom stereocenters. The largest absolute Gasteiger partial charge is 0.393 e. The number of carbonyl (C=O) groups excluding carboxylic acids is 1. The van der Waals surface area contributed by atoms with Crippen molar-refractivity contribution in [2.75, 3.05) is 12.3 Å². The molecular formula is C18H18FN3O3. The van der Waals surface area contributed by atoms with Crippen LogP contribution in [0.2, 0.25) is 0 Å². The van der Waals surface area contributed by atoms with Crippen LogP contribution in [0.4, 0.5) is 15.8 Å². The van der Waals surface area contributed by atoms with E-state index in [0.717, 1.165) is 12.0 Å². The molecule has 130 valence electrons. The number of carbonyl (C=O) groups is 1. The number of hydrogen-bond donors (Lipinski definition) is 1. The molecule has 25 heavy (non-hydrogen) atoms. The maximum Gasteiger partial charge on any atom is 0.292 e. The number of hydrogen-bond acceptors (Lipinski definition) is 4. The number of nitrogens with zero attached hydrogens (tertiary/aromatic N) is 2. The second-order valence-corrected chi connectivity index (χ2v) is 6.32. The molecule has 1 fully saturated rings. The first-order valence-corrected chi connectivity index (χ1v) is 7.97. The van der Waals surface area contributed by atoms with Crippen molar-refractivity contribution in [3.8, 4) is 0 Å². The molecule has 3 rings (SSSR count). The zero-order valence-electron chi connectivity index (χ0n) is 13.7. The van der Waals surface area contributed by atoms with E-state index in [1.165, 1.54) is 30.3 Å². The second kappa shape index (κ2) is 6.51. The van der Waals surface area contributed by atoms with Gasteiger partial charge in [-0.15, -0.1) is 0 Å². The van der Waals surface area contributed by atoms with Crippen molar-refractivity contribution < 1.29 is 14.1 Å². The van der Waals surface area contributed by atoms with Crippen molar-refractivity contribution in [1.82, 2.24) is 4.90 Å². The van der Waals surface area contributed by atoms with Crippen molar-refractivity contribution in [2.24, 2.45) is 0 Å². The van der Waals surface area contributed by atoms with Crippen molar-refractivity contribution in [3.05, 3.63) is 69.5 Å². The van der Waals surface area contributed by atoms with E-state index in [0.29, 0.717) is 6.54 Å². The summed E-state index contributed by atoms with van der Waals surface area (Å²) in [6, 6.07) is 10.4. The topological polar surface area (TPSA) is 89.5 Å². The fourth-order valence-corrected chi connectivity index (χ4v) is 3.29. The lowest BCUT2D eigenvalue weighted by Gasteiger charge is -2.21. The molecular weight excluding hydrogens is 325 g/mol. The minimum absolute atomic E-state index is 0.0147. The van der Waals surface area contributed by atoms with Gasteiger partial charge in [-0.1, -0.05) is 12.1 Å². The summed E-state index contributed by atoms with van der Waals surface area (Å²) in [6.45, 7) is 2.43. The number of rotatable bonds is 3. The summed E-state index contributed by atoms with van der Waals surface area (Å²) in [6.07, 6.45) is 0.758.